The van der Waals surface area contributed by atoms with E-state index in [1.807, 2.05) is 19.9 Å². The molecule has 0 amide bonds. The van der Waals surface area contributed by atoms with Crippen LogP contribution >= 0.6 is 0 Å². The molecule has 1 fully saturated rings. The van der Waals surface area contributed by atoms with Crippen molar-refractivity contribution in [1.29, 1.82) is 0 Å². The zero-order chi connectivity index (χ0) is 18.8. The molecule has 3 aromatic rings. The van der Waals surface area contributed by atoms with Crippen molar-refractivity contribution in [3.8, 4) is 5.82 Å². The van der Waals surface area contributed by atoms with Gasteiger partial charge in [0.05, 0.1) is 17.9 Å². The molecule has 0 unspecified atom stereocenters. The van der Waals surface area contributed by atoms with Crippen LogP contribution < -0.4 is 10.9 Å². The second-order valence-corrected chi connectivity index (χ2v) is 7.05. The average molecular weight is 365 g/mol. The van der Waals surface area contributed by atoms with E-state index in [2.05, 4.69) is 25.5 Å². The highest BCUT2D eigenvalue weighted by atomic mass is 16.1. The van der Waals surface area contributed by atoms with Crippen LogP contribution in [0.15, 0.2) is 41.6 Å². The van der Waals surface area contributed by atoms with Crippen LogP contribution in [-0.4, -0.2) is 35.6 Å². The molecule has 8 nitrogen and oxygen atoms in total. The van der Waals surface area contributed by atoms with Crippen molar-refractivity contribution in [2.45, 2.75) is 51.6 Å². The van der Waals surface area contributed by atoms with E-state index in [0.29, 0.717) is 11.9 Å². The first-order valence-corrected chi connectivity index (χ1v) is 9.26. The van der Waals surface area contributed by atoms with Crippen molar-refractivity contribution in [3.05, 3.63) is 58.5 Å². The van der Waals surface area contributed by atoms with Crippen molar-refractivity contribution >= 4 is 5.82 Å². The van der Waals surface area contributed by atoms with Crippen molar-refractivity contribution in [3.63, 3.8) is 0 Å². The van der Waals surface area contributed by atoms with Gasteiger partial charge in [-0.2, -0.15) is 5.10 Å². The Bertz CT molecular complexity index is 971. The highest BCUT2D eigenvalue weighted by molar-refractivity contribution is 5.31. The van der Waals surface area contributed by atoms with E-state index in [1.165, 1.54) is 0 Å². The second kappa shape index (κ2) is 7.30. The summed E-state index contributed by atoms with van der Waals surface area (Å²) < 4.78 is 3.41. The largest absolute Gasteiger partial charge is 0.366 e. The Morgan fingerprint density at radius 1 is 1.07 bits per heavy atom. The zero-order valence-corrected chi connectivity index (χ0v) is 15.5. The molecule has 0 spiro atoms. The number of aryl methyl sites for hydroxylation is 2. The minimum absolute atomic E-state index is 0.0642. The molecule has 8 heteroatoms. The van der Waals surface area contributed by atoms with Gasteiger partial charge >= 0.3 is 0 Å². The number of hydrogen-bond acceptors (Lipinski definition) is 6. The third kappa shape index (κ3) is 3.74. The summed E-state index contributed by atoms with van der Waals surface area (Å²) in [5.41, 5.74) is 1.87. The predicted molar refractivity (Wildman–Crippen MR) is 102 cm³/mol. The number of nitrogens with one attached hydrogen (secondary N) is 1. The quantitative estimate of drug-likeness (QED) is 0.764. The Kier molecular flexibility index (Phi) is 4.70. The Hall–Kier alpha value is -3.03. The molecule has 1 aliphatic rings. The SMILES string of the molecule is Cc1cc(C)n(-c2ccc(=O)n(C3CCC(Nc4cnccn4)CC3)n2)n1. The minimum atomic E-state index is -0.0642. The lowest BCUT2D eigenvalue weighted by molar-refractivity contribution is 0.302. The maximum Gasteiger partial charge on any atom is 0.267 e. The number of aromatic nitrogens is 6. The summed E-state index contributed by atoms with van der Waals surface area (Å²) in [7, 11) is 0. The Morgan fingerprint density at radius 3 is 2.56 bits per heavy atom. The monoisotopic (exact) mass is 365 g/mol. The fraction of sp³-hybridized carbons (Fsp3) is 0.421. The first-order chi connectivity index (χ1) is 13.1. The van der Waals surface area contributed by atoms with Gasteiger partial charge < -0.3 is 5.32 Å². The lowest BCUT2D eigenvalue weighted by Gasteiger charge is -2.29. The third-order valence-electron chi connectivity index (χ3n) is 5.00. The molecule has 1 N–H and O–H groups in total. The number of hydrogen-bond donors (Lipinski definition) is 1. The van der Waals surface area contributed by atoms with Crippen LogP contribution in [0.2, 0.25) is 0 Å². The van der Waals surface area contributed by atoms with Crippen molar-refractivity contribution in [2.24, 2.45) is 0 Å². The van der Waals surface area contributed by atoms with E-state index >= 15 is 0 Å². The summed E-state index contributed by atoms with van der Waals surface area (Å²) in [5, 5.41) is 12.5. The molecule has 0 aromatic carbocycles. The number of nitrogens with zero attached hydrogens (tertiary/aromatic N) is 6. The van der Waals surface area contributed by atoms with Crippen LogP contribution in [0.25, 0.3) is 5.82 Å². The van der Waals surface area contributed by atoms with Crippen molar-refractivity contribution in [1.82, 2.24) is 29.5 Å². The van der Waals surface area contributed by atoms with E-state index in [-0.39, 0.29) is 11.6 Å². The van der Waals surface area contributed by atoms with E-state index in [1.54, 1.807) is 40.1 Å². The van der Waals surface area contributed by atoms with Gasteiger partial charge in [0.15, 0.2) is 5.82 Å². The van der Waals surface area contributed by atoms with Gasteiger partial charge in [0.1, 0.15) is 5.82 Å². The van der Waals surface area contributed by atoms with Gasteiger partial charge in [0.2, 0.25) is 0 Å². The molecule has 0 saturated heterocycles. The Balaban J connectivity index is 1.49. The summed E-state index contributed by atoms with van der Waals surface area (Å²) >= 11 is 0. The van der Waals surface area contributed by atoms with Gasteiger partial charge in [0.25, 0.3) is 5.56 Å². The fourth-order valence-electron chi connectivity index (χ4n) is 3.70. The van der Waals surface area contributed by atoms with Gasteiger partial charge in [0, 0.05) is 30.2 Å². The van der Waals surface area contributed by atoms with Gasteiger partial charge in [-0.1, -0.05) is 0 Å². The first kappa shape index (κ1) is 17.4. The van der Waals surface area contributed by atoms with E-state index in [0.717, 1.165) is 42.9 Å². The van der Waals surface area contributed by atoms with Gasteiger partial charge in [-0.15, -0.1) is 5.10 Å². The van der Waals surface area contributed by atoms with Crippen molar-refractivity contribution in [2.75, 3.05) is 5.32 Å². The molecule has 0 atom stereocenters. The molecule has 140 valence electrons. The molecule has 3 heterocycles. The fourth-order valence-corrected chi connectivity index (χ4v) is 3.70. The molecule has 27 heavy (non-hydrogen) atoms. The standard InChI is InChI=1S/C19H23N7O/c1-13-11-14(2)25(23-13)18-7-8-19(27)26(24-18)16-5-3-15(4-6-16)22-17-12-20-9-10-21-17/h7-12,15-16H,3-6H2,1-2H3,(H,21,22). The van der Waals surface area contributed by atoms with Gasteiger partial charge in [-0.25, -0.2) is 14.3 Å². The van der Waals surface area contributed by atoms with E-state index < -0.39 is 0 Å². The second-order valence-electron chi connectivity index (χ2n) is 7.05. The van der Waals surface area contributed by atoms with Crippen LogP contribution in [0.1, 0.15) is 43.1 Å². The van der Waals surface area contributed by atoms with Crippen LogP contribution in [0.4, 0.5) is 5.82 Å². The van der Waals surface area contributed by atoms with Crippen LogP contribution in [0.5, 0.6) is 0 Å². The molecule has 3 aromatic heterocycles. The molecule has 1 aliphatic carbocycles. The normalized spacial score (nSPS) is 19.8. The molecule has 1 saturated carbocycles. The smallest absolute Gasteiger partial charge is 0.267 e. The third-order valence-corrected chi connectivity index (χ3v) is 5.00. The minimum Gasteiger partial charge on any atom is -0.366 e. The summed E-state index contributed by atoms with van der Waals surface area (Å²) in [6.07, 6.45) is 8.78. The molecule has 4 rings (SSSR count). The van der Waals surface area contributed by atoms with Gasteiger partial charge in [-0.05, 0) is 51.7 Å². The summed E-state index contributed by atoms with van der Waals surface area (Å²) in [6.45, 7) is 3.94. The highest BCUT2D eigenvalue weighted by Crippen LogP contribution is 2.28. The maximum absolute atomic E-state index is 12.4. The topological polar surface area (TPSA) is 90.5 Å². The number of rotatable bonds is 4. The maximum atomic E-state index is 12.4. The first-order valence-electron chi connectivity index (χ1n) is 9.26. The summed E-state index contributed by atoms with van der Waals surface area (Å²) in [4.78, 5) is 20.8. The van der Waals surface area contributed by atoms with E-state index in [9.17, 15) is 4.79 Å². The Labute approximate surface area is 157 Å². The summed E-state index contributed by atoms with van der Waals surface area (Å²) in [5.74, 6) is 1.47. The lowest BCUT2D eigenvalue weighted by atomic mass is 9.91. The van der Waals surface area contributed by atoms with Crippen LogP contribution in [0.3, 0.4) is 0 Å². The average Bonchev–Trinajstić information content (AvgIpc) is 3.02. The van der Waals surface area contributed by atoms with Crippen LogP contribution in [-0.2, 0) is 0 Å². The molecule has 0 aliphatic heterocycles. The highest BCUT2D eigenvalue weighted by Gasteiger charge is 2.24. The van der Waals surface area contributed by atoms with E-state index in [4.69, 9.17) is 0 Å². The van der Waals surface area contributed by atoms with Crippen LogP contribution in [0, 0.1) is 13.8 Å². The van der Waals surface area contributed by atoms with Gasteiger partial charge in [-0.3, -0.25) is 9.78 Å². The predicted octanol–water partition coefficient (Wildman–Crippen LogP) is 2.43. The van der Waals surface area contributed by atoms with Crippen molar-refractivity contribution < 1.29 is 0 Å². The Morgan fingerprint density at radius 2 is 1.89 bits per heavy atom. The molecular formula is C19H23N7O. The molecule has 0 radical (unpaired) electrons. The zero-order valence-electron chi connectivity index (χ0n) is 15.5. The molecule has 0 bridgehead atoms. The number of anilines is 1. The molecular weight excluding hydrogens is 342 g/mol. The summed E-state index contributed by atoms with van der Waals surface area (Å²) in [6, 6.07) is 5.77. The lowest BCUT2D eigenvalue weighted by Crippen LogP contribution is -2.33.